The highest BCUT2D eigenvalue weighted by Crippen LogP contribution is 2.32. The number of benzene rings is 1. The number of carbonyl (C=O) groups is 2. The van der Waals surface area contributed by atoms with Crippen molar-refractivity contribution in [2.24, 2.45) is 0 Å². The average Bonchev–Trinajstić information content (AvgIpc) is 3.13. The Morgan fingerprint density at radius 2 is 1.96 bits per heavy atom. The minimum atomic E-state index is -1.57. The summed E-state index contributed by atoms with van der Waals surface area (Å²) < 4.78 is 6.94. The Bertz CT molecular complexity index is 1120. The molecule has 0 unspecified atom stereocenters. The van der Waals surface area contributed by atoms with Gasteiger partial charge in [-0.1, -0.05) is 6.07 Å². The third-order valence-corrected chi connectivity index (χ3v) is 4.13. The van der Waals surface area contributed by atoms with Gasteiger partial charge in [0.25, 0.3) is 5.56 Å². The maximum absolute atomic E-state index is 12.2. The molecule has 0 aliphatic rings. The van der Waals surface area contributed by atoms with Crippen molar-refractivity contribution in [1.29, 1.82) is 0 Å². The molecule has 0 atom stereocenters. The Hall–Kier alpha value is -4.08. The number of aromatic nitrogens is 3. The second kappa shape index (κ2) is 7.27. The van der Waals surface area contributed by atoms with Crippen LogP contribution in [0.3, 0.4) is 0 Å². The number of carboxylic acid groups (broad SMARTS) is 2. The number of aromatic amines is 1. The van der Waals surface area contributed by atoms with E-state index in [0.717, 1.165) is 0 Å². The first kappa shape index (κ1) is 18.7. The average molecular weight is 384 g/mol. The van der Waals surface area contributed by atoms with E-state index >= 15 is 0 Å². The van der Waals surface area contributed by atoms with E-state index in [1.807, 2.05) is 0 Å². The van der Waals surface area contributed by atoms with Crippen LogP contribution in [0.15, 0.2) is 41.5 Å². The molecular weight excluding hydrogens is 368 g/mol. The van der Waals surface area contributed by atoms with Crippen molar-refractivity contribution in [3.8, 4) is 16.9 Å². The molecule has 0 radical (unpaired) electrons. The molecule has 10 nitrogen and oxygen atoms in total. The van der Waals surface area contributed by atoms with E-state index < -0.39 is 34.4 Å². The molecule has 0 amide bonds. The summed E-state index contributed by atoms with van der Waals surface area (Å²) in [7, 11) is 1.47. The monoisotopic (exact) mass is 384 g/mol. The third kappa shape index (κ3) is 3.30. The number of carboxylic acids is 2. The van der Waals surface area contributed by atoms with Crippen molar-refractivity contribution in [1.82, 2.24) is 14.8 Å². The minimum absolute atomic E-state index is 0.204. The number of nitrogens with zero attached hydrogens (tertiary/aromatic N) is 2. The molecule has 0 bridgehead atoms. The second-order valence-corrected chi connectivity index (χ2v) is 5.83. The molecule has 2 aromatic heterocycles. The van der Waals surface area contributed by atoms with Crippen molar-refractivity contribution in [2.75, 3.05) is 12.8 Å². The van der Waals surface area contributed by atoms with E-state index in [1.54, 1.807) is 35.3 Å². The number of nitrogen functional groups attached to an aromatic ring is 1. The van der Waals surface area contributed by atoms with Gasteiger partial charge in [-0.25, -0.2) is 9.59 Å². The molecule has 1 aromatic carbocycles. The SMILES string of the molecule is COc1ccc(-c2c(C(=O)O)c(N)[nH]c(=O)c2C(=O)O)cc1Cn1cccn1. The van der Waals surface area contributed by atoms with E-state index in [-0.39, 0.29) is 17.7 Å². The smallest absolute Gasteiger partial charge is 0.342 e. The Balaban J connectivity index is 2.30. The van der Waals surface area contributed by atoms with Gasteiger partial charge < -0.3 is 25.7 Å². The Kier molecular flexibility index (Phi) is 4.86. The van der Waals surface area contributed by atoms with Gasteiger partial charge in [-0.05, 0) is 23.8 Å². The maximum atomic E-state index is 12.2. The molecule has 0 saturated heterocycles. The lowest BCUT2D eigenvalue weighted by Crippen LogP contribution is -2.24. The number of nitrogens with two attached hydrogens (primary N) is 1. The summed E-state index contributed by atoms with van der Waals surface area (Å²) in [4.78, 5) is 37.6. The fourth-order valence-electron chi connectivity index (χ4n) is 2.96. The Labute approximate surface area is 157 Å². The lowest BCUT2D eigenvalue weighted by atomic mass is 9.94. The molecule has 28 heavy (non-hydrogen) atoms. The zero-order chi connectivity index (χ0) is 20.4. The number of H-pyrrole nitrogens is 1. The highest BCUT2D eigenvalue weighted by molar-refractivity contribution is 6.07. The minimum Gasteiger partial charge on any atom is -0.496 e. The summed E-state index contributed by atoms with van der Waals surface area (Å²) in [6.07, 6.45) is 3.32. The standard InChI is InChI=1S/C18H16N4O6/c1-28-11-4-3-9(7-10(11)8-22-6-2-5-20-22)12-13(17(24)25)15(19)21-16(23)14(12)18(26)27/h2-7H,8H2,1H3,(H,24,25)(H,26,27)(H3,19,21,23). The lowest BCUT2D eigenvalue weighted by molar-refractivity contribution is 0.0695. The van der Waals surface area contributed by atoms with Crippen LogP contribution in [0.5, 0.6) is 5.75 Å². The van der Waals surface area contributed by atoms with Crippen LogP contribution in [0.25, 0.3) is 11.1 Å². The molecule has 2 heterocycles. The van der Waals surface area contributed by atoms with Crippen molar-refractivity contribution in [2.45, 2.75) is 6.54 Å². The molecule has 3 rings (SSSR count). The van der Waals surface area contributed by atoms with Gasteiger partial charge in [0.15, 0.2) is 0 Å². The Morgan fingerprint density at radius 3 is 2.54 bits per heavy atom. The third-order valence-electron chi connectivity index (χ3n) is 4.13. The predicted octanol–water partition coefficient (Wildman–Crippen LogP) is 1.27. The summed E-state index contributed by atoms with van der Waals surface area (Å²) in [5.74, 6) is -2.97. The van der Waals surface area contributed by atoms with Crippen molar-refractivity contribution >= 4 is 17.8 Å². The van der Waals surface area contributed by atoms with E-state index in [9.17, 15) is 24.6 Å². The van der Waals surface area contributed by atoms with Gasteiger partial charge in [-0.2, -0.15) is 5.10 Å². The largest absolute Gasteiger partial charge is 0.496 e. The zero-order valence-corrected chi connectivity index (χ0v) is 14.7. The fourth-order valence-corrected chi connectivity index (χ4v) is 2.96. The molecular formula is C18H16N4O6. The van der Waals surface area contributed by atoms with Gasteiger partial charge in [-0.15, -0.1) is 0 Å². The summed E-state index contributed by atoms with van der Waals surface area (Å²) in [6.45, 7) is 0.285. The number of anilines is 1. The van der Waals surface area contributed by atoms with Gasteiger partial charge in [0, 0.05) is 23.5 Å². The molecule has 3 aromatic rings. The summed E-state index contributed by atoms with van der Waals surface area (Å²) in [6, 6.07) is 6.31. The number of hydrogen-bond donors (Lipinski definition) is 4. The van der Waals surface area contributed by atoms with Gasteiger partial charge in [0.2, 0.25) is 0 Å². The predicted molar refractivity (Wildman–Crippen MR) is 98.7 cm³/mol. The van der Waals surface area contributed by atoms with Crippen LogP contribution in [0, 0.1) is 0 Å². The highest BCUT2D eigenvalue weighted by atomic mass is 16.5. The number of rotatable bonds is 6. The van der Waals surface area contributed by atoms with Crippen LogP contribution in [-0.4, -0.2) is 44.0 Å². The van der Waals surface area contributed by atoms with Crippen LogP contribution >= 0.6 is 0 Å². The molecule has 0 aliphatic heterocycles. The topological polar surface area (TPSA) is 161 Å². The quantitative estimate of drug-likeness (QED) is 0.494. The van der Waals surface area contributed by atoms with E-state index in [4.69, 9.17) is 10.5 Å². The molecule has 0 saturated carbocycles. The normalized spacial score (nSPS) is 10.6. The fraction of sp³-hybridized carbons (Fsp3) is 0.111. The van der Waals surface area contributed by atoms with Gasteiger partial charge in [-0.3, -0.25) is 9.48 Å². The molecule has 0 fully saturated rings. The van der Waals surface area contributed by atoms with Crippen LogP contribution in [-0.2, 0) is 6.54 Å². The maximum Gasteiger partial charge on any atom is 0.342 e. The molecule has 5 N–H and O–H groups in total. The highest BCUT2D eigenvalue weighted by Gasteiger charge is 2.27. The van der Waals surface area contributed by atoms with Gasteiger partial charge >= 0.3 is 11.9 Å². The van der Waals surface area contributed by atoms with E-state index in [1.165, 1.54) is 13.2 Å². The molecule has 0 spiro atoms. The lowest BCUT2D eigenvalue weighted by Gasteiger charge is -2.15. The molecule has 10 heteroatoms. The number of methoxy groups -OCH3 is 1. The number of aromatic carboxylic acids is 2. The first-order chi connectivity index (χ1) is 13.3. The Morgan fingerprint density at radius 1 is 1.25 bits per heavy atom. The number of ether oxygens (including phenoxy) is 1. The van der Waals surface area contributed by atoms with Gasteiger partial charge in [0.1, 0.15) is 22.7 Å². The molecule has 144 valence electrons. The second-order valence-electron chi connectivity index (χ2n) is 5.83. The zero-order valence-electron chi connectivity index (χ0n) is 14.7. The summed E-state index contributed by atoms with van der Waals surface area (Å²) in [5.41, 5.74) is 4.01. The number of pyridine rings is 1. The number of hydrogen-bond acceptors (Lipinski definition) is 6. The van der Waals surface area contributed by atoms with Crippen LogP contribution < -0.4 is 16.0 Å². The summed E-state index contributed by atoms with van der Waals surface area (Å²) >= 11 is 0. The van der Waals surface area contributed by atoms with Crippen LogP contribution in [0.4, 0.5) is 5.82 Å². The van der Waals surface area contributed by atoms with E-state index in [0.29, 0.717) is 11.3 Å². The van der Waals surface area contributed by atoms with Crippen molar-refractivity contribution in [3.05, 3.63) is 63.7 Å². The van der Waals surface area contributed by atoms with E-state index in [2.05, 4.69) is 10.1 Å². The van der Waals surface area contributed by atoms with Crippen molar-refractivity contribution < 1.29 is 24.5 Å². The first-order valence-electron chi connectivity index (χ1n) is 8.00. The van der Waals surface area contributed by atoms with Crippen molar-refractivity contribution in [3.63, 3.8) is 0 Å². The van der Waals surface area contributed by atoms with Crippen LogP contribution in [0.2, 0.25) is 0 Å². The number of nitrogens with one attached hydrogen (secondary N) is 1. The van der Waals surface area contributed by atoms with Gasteiger partial charge in [0.05, 0.1) is 13.7 Å². The molecule has 0 aliphatic carbocycles. The summed E-state index contributed by atoms with van der Waals surface area (Å²) in [5, 5.41) is 23.1. The van der Waals surface area contributed by atoms with Crippen LogP contribution in [0.1, 0.15) is 26.3 Å². The first-order valence-corrected chi connectivity index (χ1v) is 8.00.